The SMILES string of the molecule is O=C(C[n+]1ccc(-c2ccccc2Cl)nc1)c1ccc(F)cc1.[Br-]. The molecular weight excluding hydrogens is 395 g/mol. The van der Waals surface area contributed by atoms with Gasteiger partial charge in [-0.25, -0.2) is 8.96 Å². The lowest BCUT2D eigenvalue weighted by atomic mass is 10.1. The summed E-state index contributed by atoms with van der Waals surface area (Å²) in [6.07, 6.45) is 3.35. The van der Waals surface area contributed by atoms with E-state index in [1.807, 2.05) is 18.2 Å². The van der Waals surface area contributed by atoms with Gasteiger partial charge in [-0.05, 0) is 41.4 Å². The van der Waals surface area contributed by atoms with Crippen molar-refractivity contribution in [2.24, 2.45) is 0 Å². The van der Waals surface area contributed by atoms with Crippen LogP contribution >= 0.6 is 11.6 Å². The van der Waals surface area contributed by atoms with Crippen LogP contribution in [0.3, 0.4) is 0 Å². The van der Waals surface area contributed by atoms with Crippen molar-refractivity contribution >= 4 is 17.4 Å². The smallest absolute Gasteiger partial charge is 0.287 e. The molecule has 0 amide bonds. The molecule has 1 aromatic heterocycles. The van der Waals surface area contributed by atoms with Gasteiger partial charge in [0, 0.05) is 17.2 Å². The van der Waals surface area contributed by atoms with Crippen molar-refractivity contribution in [2.75, 3.05) is 0 Å². The average Bonchev–Trinajstić information content (AvgIpc) is 2.57. The Morgan fingerprint density at radius 3 is 2.42 bits per heavy atom. The Hall–Kier alpha value is -2.11. The fraction of sp³-hybridized carbons (Fsp3) is 0.0556. The number of Topliss-reactive ketones (excluding diaryl/α,β-unsaturated/α-hetero) is 1. The highest BCUT2D eigenvalue weighted by Gasteiger charge is 2.13. The van der Waals surface area contributed by atoms with Crippen LogP contribution in [0.25, 0.3) is 11.3 Å². The molecule has 0 aliphatic heterocycles. The van der Waals surface area contributed by atoms with E-state index >= 15 is 0 Å². The first-order chi connectivity index (χ1) is 11.1. The molecule has 0 atom stereocenters. The van der Waals surface area contributed by atoms with Gasteiger partial charge in [-0.3, -0.25) is 4.79 Å². The number of benzene rings is 2. The fourth-order valence-corrected chi connectivity index (χ4v) is 2.43. The number of hydrogen-bond acceptors (Lipinski definition) is 2. The van der Waals surface area contributed by atoms with Gasteiger partial charge in [0.15, 0.2) is 12.2 Å². The van der Waals surface area contributed by atoms with E-state index in [-0.39, 0.29) is 35.1 Å². The Balaban J connectivity index is 0.00000208. The summed E-state index contributed by atoms with van der Waals surface area (Å²) in [5.41, 5.74) is 2.04. The quantitative estimate of drug-likeness (QED) is 0.472. The van der Waals surface area contributed by atoms with E-state index in [4.69, 9.17) is 11.6 Å². The van der Waals surface area contributed by atoms with Crippen LogP contribution in [0.4, 0.5) is 4.39 Å². The van der Waals surface area contributed by atoms with E-state index in [0.29, 0.717) is 10.6 Å². The molecule has 0 radical (unpaired) electrons. The maximum absolute atomic E-state index is 12.9. The fourth-order valence-electron chi connectivity index (χ4n) is 2.20. The second-order valence-corrected chi connectivity index (χ2v) is 5.43. The molecule has 24 heavy (non-hydrogen) atoms. The van der Waals surface area contributed by atoms with Crippen LogP contribution in [0.2, 0.25) is 5.02 Å². The highest BCUT2D eigenvalue weighted by molar-refractivity contribution is 6.33. The van der Waals surface area contributed by atoms with E-state index in [1.54, 1.807) is 29.2 Å². The third-order valence-corrected chi connectivity index (χ3v) is 3.74. The number of hydrogen-bond donors (Lipinski definition) is 0. The molecule has 0 spiro atoms. The molecular formula is C18H13BrClFN2O. The first-order valence-corrected chi connectivity index (χ1v) is 7.40. The van der Waals surface area contributed by atoms with Crippen LogP contribution in [0, 0.1) is 5.82 Å². The monoisotopic (exact) mass is 406 g/mol. The van der Waals surface area contributed by atoms with Crippen LogP contribution in [0.5, 0.6) is 0 Å². The normalized spacial score (nSPS) is 10.1. The van der Waals surface area contributed by atoms with Gasteiger partial charge in [0.05, 0.1) is 11.2 Å². The van der Waals surface area contributed by atoms with Gasteiger partial charge in [-0.15, -0.1) is 0 Å². The standard InChI is InChI=1S/C18H13ClFN2O.BrH/c19-16-4-2-1-3-15(16)17-9-10-22(12-21-17)11-18(23)13-5-7-14(20)8-6-13;/h1-10,12H,11H2;1H/q+1;/p-1. The van der Waals surface area contributed by atoms with Crippen LogP contribution in [-0.2, 0) is 6.54 Å². The van der Waals surface area contributed by atoms with Gasteiger partial charge in [0.25, 0.3) is 6.33 Å². The van der Waals surface area contributed by atoms with Crippen molar-refractivity contribution in [3.63, 3.8) is 0 Å². The van der Waals surface area contributed by atoms with Crippen molar-refractivity contribution < 1.29 is 30.7 Å². The van der Waals surface area contributed by atoms with E-state index in [0.717, 1.165) is 11.3 Å². The van der Waals surface area contributed by atoms with Gasteiger partial charge in [0.1, 0.15) is 5.82 Å². The number of halogens is 3. The summed E-state index contributed by atoms with van der Waals surface area (Å²) in [6.45, 7) is 0.140. The zero-order valence-electron chi connectivity index (χ0n) is 12.5. The predicted molar refractivity (Wildman–Crippen MR) is 85.6 cm³/mol. The van der Waals surface area contributed by atoms with Gasteiger partial charge in [-0.2, -0.15) is 0 Å². The van der Waals surface area contributed by atoms with E-state index in [1.165, 1.54) is 24.3 Å². The maximum Gasteiger partial charge on any atom is 0.287 e. The number of rotatable bonds is 4. The summed E-state index contributed by atoms with van der Waals surface area (Å²) in [4.78, 5) is 16.5. The molecule has 122 valence electrons. The Bertz CT molecular complexity index is 838. The number of aromatic nitrogens is 2. The highest BCUT2D eigenvalue weighted by atomic mass is 79.9. The number of ketones is 1. The second-order valence-electron chi connectivity index (χ2n) is 5.03. The minimum Gasteiger partial charge on any atom is -1.00 e. The molecule has 0 N–H and O–H groups in total. The Morgan fingerprint density at radius 2 is 1.79 bits per heavy atom. The summed E-state index contributed by atoms with van der Waals surface area (Å²) in [5.74, 6) is -0.470. The van der Waals surface area contributed by atoms with Gasteiger partial charge in [0.2, 0.25) is 5.78 Å². The van der Waals surface area contributed by atoms with Crippen LogP contribution in [0.15, 0.2) is 67.1 Å². The zero-order valence-corrected chi connectivity index (χ0v) is 14.8. The molecule has 0 aliphatic rings. The van der Waals surface area contributed by atoms with E-state index in [2.05, 4.69) is 4.98 Å². The van der Waals surface area contributed by atoms with Crippen molar-refractivity contribution in [1.82, 2.24) is 4.98 Å². The zero-order chi connectivity index (χ0) is 16.2. The lowest BCUT2D eigenvalue weighted by Crippen LogP contribution is -3.00. The first-order valence-electron chi connectivity index (χ1n) is 7.02. The highest BCUT2D eigenvalue weighted by Crippen LogP contribution is 2.24. The van der Waals surface area contributed by atoms with Crippen LogP contribution in [0.1, 0.15) is 10.4 Å². The van der Waals surface area contributed by atoms with Crippen molar-refractivity contribution in [1.29, 1.82) is 0 Å². The summed E-state index contributed by atoms with van der Waals surface area (Å²) in [7, 11) is 0. The third-order valence-electron chi connectivity index (χ3n) is 3.41. The van der Waals surface area contributed by atoms with E-state index < -0.39 is 0 Å². The lowest BCUT2D eigenvalue weighted by Gasteiger charge is -2.02. The molecule has 0 unspecified atom stereocenters. The summed E-state index contributed by atoms with van der Waals surface area (Å²) in [6, 6.07) is 14.7. The molecule has 6 heteroatoms. The third kappa shape index (κ3) is 4.24. The van der Waals surface area contributed by atoms with Crippen LogP contribution in [-0.4, -0.2) is 10.8 Å². The molecule has 0 saturated heterocycles. The molecule has 0 saturated carbocycles. The summed E-state index contributed by atoms with van der Waals surface area (Å²) in [5, 5.41) is 0.625. The molecule has 0 aliphatic carbocycles. The predicted octanol–water partition coefficient (Wildman–Crippen LogP) is 0.715. The molecule has 0 bridgehead atoms. The van der Waals surface area contributed by atoms with E-state index in [9.17, 15) is 9.18 Å². The van der Waals surface area contributed by atoms with Crippen LogP contribution < -0.4 is 21.5 Å². The van der Waals surface area contributed by atoms with Crippen molar-refractivity contribution in [2.45, 2.75) is 6.54 Å². The molecule has 2 aromatic carbocycles. The summed E-state index contributed by atoms with van der Waals surface area (Å²) >= 11 is 6.14. The lowest BCUT2D eigenvalue weighted by molar-refractivity contribution is -0.686. The molecule has 3 nitrogen and oxygen atoms in total. The molecule has 3 aromatic rings. The van der Waals surface area contributed by atoms with Gasteiger partial charge in [-0.1, -0.05) is 23.7 Å². The van der Waals surface area contributed by atoms with Crippen molar-refractivity contribution in [3.8, 4) is 11.3 Å². The Labute approximate surface area is 154 Å². The molecule has 0 fully saturated rings. The Morgan fingerprint density at radius 1 is 1.08 bits per heavy atom. The molecule has 1 heterocycles. The van der Waals surface area contributed by atoms with Crippen molar-refractivity contribution in [3.05, 3.63) is 83.5 Å². The maximum atomic E-state index is 12.9. The number of nitrogens with zero attached hydrogens (tertiary/aromatic N) is 2. The first kappa shape index (κ1) is 18.2. The topological polar surface area (TPSA) is 33.8 Å². The minimum absolute atomic E-state index is 0. The minimum atomic E-state index is -0.361. The Kier molecular flexibility index (Phi) is 6.17. The number of carbonyl (C=O) groups is 1. The van der Waals surface area contributed by atoms with Gasteiger partial charge >= 0.3 is 0 Å². The average molecular weight is 408 g/mol. The molecule has 3 rings (SSSR count). The van der Waals surface area contributed by atoms with Gasteiger partial charge < -0.3 is 17.0 Å². The number of carbonyl (C=O) groups excluding carboxylic acids is 1. The largest absolute Gasteiger partial charge is 1.00 e. The summed E-state index contributed by atoms with van der Waals surface area (Å²) < 4.78 is 14.6. The second kappa shape index (κ2) is 8.13.